The van der Waals surface area contributed by atoms with Gasteiger partial charge >= 0.3 is 0 Å². The number of rotatable bonds is 3. The zero-order valence-electron chi connectivity index (χ0n) is 18.4. The fourth-order valence-electron chi connectivity index (χ4n) is 5.67. The second-order valence-corrected chi connectivity index (χ2v) is 9.55. The summed E-state index contributed by atoms with van der Waals surface area (Å²) in [6, 6.07) is 15.4. The van der Waals surface area contributed by atoms with Gasteiger partial charge in [0.25, 0.3) is 0 Å². The summed E-state index contributed by atoms with van der Waals surface area (Å²) in [7, 11) is 0. The molecule has 2 unspecified atom stereocenters. The van der Waals surface area contributed by atoms with Gasteiger partial charge in [-0.3, -0.25) is 9.78 Å². The molecule has 3 aliphatic rings. The summed E-state index contributed by atoms with van der Waals surface area (Å²) in [4.78, 5) is 27.0. The van der Waals surface area contributed by atoms with Crippen LogP contribution in [0.5, 0.6) is 0 Å². The molecule has 1 aliphatic carbocycles. The summed E-state index contributed by atoms with van der Waals surface area (Å²) in [5, 5.41) is 1.18. The minimum Gasteiger partial charge on any atom is -0.347 e. The van der Waals surface area contributed by atoms with Crippen LogP contribution in [-0.2, 0) is 4.79 Å². The molecule has 6 rings (SSSR count). The molecule has 3 fully saturated rings. The number of hydrogen-bond acceptors (Lipinski definition) is 4. The Balaban J connectivity index is 1.12. The van der Waals surface area contributed by atoms with Crippen molar-refractivity contribution in [2.75, 3.05) is 18.0 Å². The number of benzene rings is 1. The summed E-state index contributed by atoms with van der Waals surface area (Å²) in [6.45, 7) is 3.73. The maximum absolute atomic E-state index is 13.3. The van der Waals surface area contributed by atoms with Crippen LogP contribution in [0, 0.1) is 12.8 Å². The van der Waals surface area contributed by atoms with Crippen LogP contribution in [0.3, 0.4) is 0 Å². The molecule has 5 nitrogen and oxygen atoms in total. The van der Waals surface area contributed by atoms with E-state index in [1.54, 1.807) is 0 Å². The number of anilines is 1. The Morgan fingerprint density at radius 3 is 2.56 bits per heavy atom. The molecule has 0 radical (unpaired) electrons. The number of aromatic nitrogens is 2. The van der Waals surface area contributed by atoms with Crippen molar-refractivity contribution < 1.29 is 4.79 Å². The molecule has 0 spiro atoms. The molecule has 0 N–H and O–H groups in total. The number of nitrogens with zero attached hydrogens (tertiary/aromatic N) is 4. The predicted molar refractivity (Wildman–Crippen MR) is 127 cm³/mol. The monoisotopic (exact) mass is 424 g/mol. The number of pyridine rings is 2. The topological polar surface area (TPSA) is 49.3 Å². The molecule has 3 aromatic rings. The first-order valence-corrected chi connectivity index (χ1v) is 11.7. The highest BCUT2D eigenvalue weighted by Gasteiger charge is 2.44. The average molecular weight is 425 g/mol. The van der Waals surface area contributed by atoms with Crippen LogP contribution in [0.25, 0.3) is 17.0 Å². The Kier molecular flexibility index (Phi) is 4.71. The minimum atomic E-state index is 0.137. The van der Waals surface area contributed by atoms with Crippen molar-refractivity contribution in [2.24, 2.45) is 5.92 Å². The zero-order valence-corrected chi connectivity index (χ0v) is 18.4. The molecule has 1 amide bonds. The second kappa shape index (κ2) is 7.73. The maximum Gasteiger partial charge on any atom is 0.226 e. The van der Waals surface area contributed by atoms with Gasteiger partial charge < -0.3 is 9.80 Å². The summed E-state index contributed by atoms with van der Waals surface area (Å²) in [5.74, 6) is 1.54. The molecule has 5 heteroatoms. The molecular formula is C27H28N4O. The largest absolute Gasteiger partial charge is 0.347 e. The Morgan fingerprint density at radius 1 is 1.00 bits per heavy atom. The lowest BCUT2D eigenvalue weighted by Gasteiger charge is -2.44. The van der Waals surface area contributed by atoms with Gasteiger partial charge in [-0.2, -0.15) is 0 Å². The Morgan fingerprint density at radius 2 is 1.81 bits per heavy atom. The molecule has 2 saturated heterocycles. The first kappa shape index (κ1) is 19.5. The van der Waals surface area contributed by atoms with Gasteiger partial charge in [0, 0.05) is 48.9 Å². The summed E-state index contributed by atoms with van der Waals surface area (Å²) in [5.41, 5.74) is 4.77. The van der Waals surface area contributed by atoms with Crippen LogP contribution in [0.4, 0.5) is 5.82 Å². The number of hydrogen-bond donors (Lipinski definition) is 0. The van der Waals surface area contributed by atoms with Gasteiger partial charge in [0.2, 0.25) is 5.91 Å². The molecule has 2 aromatic heterocycles. The Labute approximate surface area is 188 Å². The van der Waals surface area contributed by atoms with Crippen molar-refractivity contribution in [2.45, 2.75) is 44.7 Å². The molecule has 4 heterocycles. The summed E-state index contributed by atoms with van der Waals surface area (Å²) >= 11 is 0. The number of likely N-dealkylation sites (tertiary alicyclic amines) is 1. The third-order valence-corrected chi connectivity index (χ3v) is 7.36. The van der Waals surface area contributed by atoms with E-state index in [2.05, 4.69) is 63.1 Å². The smallest absolute Gasteiger partial charge is 0.226 e. The normalized spacial score (nSPS) is 24.5. The molecule has 2 bridgehead atoms. The molecule has 162 valence electrons. The lowest BCUT2D eigenvalue weighted by atomic mass is 9.78. The standard InChI is InChI=1S/C27H28N4O/c1-18-7-10-26(29-15-18)31-22-8-9-23(31)17-30(16-22)27(32)21-13-19(14-21)12-20-4-2-6-25-24(20)5-3-11-28-25/h2-7,10-12,15,21-23H,8-9,13-14,16-17H2,1H3. The van der Waals surface area contributed by atoms with E-state index < -0.39 is 0 Å². The van der Waals surface area contributed by atoms with Crippen molar-refractivity contribution in [1.82, 2.24) is 14.9 Å². The molecule has 1 saturated carbocycles. The number of fused-ring (bicyclic) bond motifs is 3. The van der Waals surface area contributed by atoms with Gasteiger partial charge in [0.05, 0.1) is 5.52 Å². The number of carbonyl (C=O) groups excluding carboxylic acids is 1. The SMILES string of the molecule is Cc1ccc(N2C3CCC2CN(C(=O)C2CC(=Cc4cccc5ncccc45)C2)C3)nc1. The highest BCUT2D eigenvalue weighted by molar-refractivity contribution is 5.89. The van der Waals surface area contributed by atoms with Crippen molar-refractivity contribution in [3.63, 3.8) is 0 Å². The van der Waals surface area contributed by atoms with Gasteiger partial charge in [-0.15, -0.1) is 0 Å². The van der Waals surface area contributed by atoms with Crippen molar-refractivity contribution in [1.29, 1.82) is 0 Å². The second-order valence-electron chi connectivity index (χ2n) is 9.55. The average Bonchev–Trinajstić information content (AvgIpc) is 3.05. The van der Waals surface area contributed by atoms with Crippen LogP contribution < -0.4 is 4.90 Å². The number of amides is 1. The van der Waals surface area contributed by atoms with E-state index in [0.29, 0.717) is 18.0 Å². The molecule has 1 aromatic carbocycles. The highest BCUT2D eigenvalue weighted by Crippen LogP contribution is 2.39. The van der Waals surface area contributed by atoms with E-state index in [-0.39, 0.29) is 5.92 Å². The van der Waals surface area contributed by atoms with E-state index >= 15 is 0 Å². The van der Waals surface area contributed by atoms with Gasteiger partial charge in [-0.25, -0.2) is 4.98 Å². The van der Waals surface area contributed by atoms with Crippen LogP contribution in [0.15, 0.2) is 60.4 Å². The summed E-state index contributed by atoms with van der Waals surface area (Å²) < 4.78 is 0. The van der Waals surface area contributed by atoms with Gasteiger partial charge in [-0.05, 0) is 61.9 Å². The van der Waals surface area contributed by atoms with Crippen LogP contribution in [0.1, 0.15) is 36.8 Å². The van der Waals surface area contributed by atoms with Crippen LogP contribution in [0.2, 0.25) is 0 Å². The molecule has 32 heavy (non-hydrogen) atoms. The van der Waals surface area contributed by atoms with E-state index in [4.69, 9.17) is 0 Å². The minimum absolute atomic E-state index is 0.137. The van der Waals surface area contributed by atoms with Crippen LogP contribution >= 0.6 is 0 Å². The third kappa shape index (κ3) is 3.36. The Bertz CT molecular complexity index is 1170. The van der Waals surface area contributed by atoms with Crippen molar-refractivity contribution in [3.8, 4) is 0 Å². The van der Waals surface area contributed by atoms with Gasteiger partial charge in [0.1, 0.15) is 5.82 Å². The van der Waals surface area contributed by atoms with Crippen molar-refractivity contribution >= 4 is 28.7 Å². The first-order valence-electron chi connectivity index (χ1n) is 11.7. The molecule has 2 aliphatic heterocycles. The fraction of sp³-hybridized carbons (Fsp3) is 0.370. The lowest BCUT2D eigenvalue weighted by molar-refractivity contribution is -0.137. The third-order valence-electron chi connectivity index (χ3n) is 7.36. The van der Waals surface area contributed by atoms with Crippen molar-refractivity contribution in [3.05, 3.63) is 71.6 Å². The molecule has 2 atom stereocenters. The number of carbonyl (C=O) groups is 1. The zero-order chi connectivity index (χ0) is 21.7. The van der Waals surface area contributed by atoms with Gasteiger partial charge in [-0.1, -0.05) is 35.9 Å². The molecular weight excluding hydrogens is 396 g/mol. The highest BCUT2D eigenvalue weighted by atomic mass is 16.2. The van der Waals surface area contributed by atoms with E-state index in [9.17, 15) is 4.79 Å². The Hall–Kier alpha value is -3.21. The fourth-order valence-corrected chi connectivity index (χ4v) is 5.67. The number of allylic oxidation sites excluding steroid dienone is 1. The van der Waals surface area contributed by atoms with E-state index in [1.807, 2.05) is 24.5 Å². The maximum atomic E-state index is 13.3. The van der Waals surface area contributed by atoms with E-state index in [1.165, 1.54) is 22.1 Å². The predicted octanol–water partition coefficient (Wildman–Crippen LogP) is 4.61. The first-order chi connectivity index (χ1) is 15.7. The quantitative estimate of drug-likeness (QED) is 0.616. The number of piperazine rings is 1. The van der Waals surface area contributed by atoms with Gasteiger partial charge in [0.15, 0.2) is 0 Å². The number of aryl methyl sites for hydroxylation is 1. The summed E-state index contributed by atoms with van der Waals surface area (Å²) in [6.07, 6.45) is 10.1. The van der Waals surface area contributed by atoms with E-state index in [0.717, 1.165) is 50.1 Å². The lowest BCUT2D eigenvalue weighted by Crippen LogP contribution is -2.57. The van der Waals surface area contributed by atoms with Crippen LogP contribution in [-0.4, -0.2) is 45.9 Å².